The molecule has 0 amide bonds. The van der Waals surface area contributed by atoms with Crippen LogP contribution in [0.1, 0.15) is 13.3 Å². The van der Waals surface area contributed by atoms with Crippen molar-refractivity contribution in [3.63, 3.8) is 0 Å². The normalized spacial score (nSPS) is 12.9. The van der Waals surface area contributed by atoms with Crippen molar-refractivity contribution >= 4 is 143 Å². The lowest BCUT2D eigenvalue weighted by Crippen LogP contribution is -2.05. The topological polar surface area (TPSA) is 110 Å². The molecular formula is C68H38N4O4. The molecule has 0 saturated carbocycles. The van der Waals surface area contributed by atoms with Crippen molar-refractivity contribution in [2.24, 2.45) is 0 Å². The van der Waals surface area contributed by atoms with Gasteiger partial charge in [-0.2, -0.15) is 10.5 Å². The first-order valence-electron chi connectivity index (χ1n) is 25.3. The number of para-hydroxylation sites is 4. The number of hydrogen-bond donors (Lipinski definition) is 0. The minimum atomic E-state index is 0.0587. The summed E-state index contributed by atoms with van der Waals surface area (Å²) in [7, 11) is 0. The van der Waals surface area contributed by atoms with E-state index in [1.165, 1.54) is 0 Å². The van der Waals surface area contributed by atoms with Crippen molar-refractivity contribution in [2.75, 3.05) is 0 Å². The van der Waals surface area contributed by atoms with Gasteiger partial charge < -0.3 is 26.8 Å². The number of benzene rings is 10. The van der Waals surface area contributed by atoms with Crippen LogP contribution < -0.4 is 0 Å². The van der Waals surface area contributed by atoms with Crippen molar-refractivity contribution in [3.05, 3.63) is 206 Å². The zero-order valence-electron chi connectivity index (χ0n) is 40.7. The van der Waals surface area contributed by atoms with E-state index in [2.05, 4.69) is 143 Å². The van der Waals surface area contributed by atoms with Crippen LogP contribution in [0.3, 0.4) is 0 Å². The van der Waals surface area contributed by atoms with Gasteiger partial charge in [-0.1, -0.05) is 97.1 Å². The highest BCUT2D eigenvalue weighted by atomic mass is 16.3. The molecule has 76 heavy (non-hydrogen) atoms. The smallest absolute Gasteiger partial charge is 0.145 e. The van der Waals surface area contributed by atoms with Gasteiger partial charge in [0.25, 0.3) is 0 Å². The fourth-order valence-corrected chi connectivity index (χ4v) is 12.2. The Morgan fingerprint density at radius 1 is 0.395 bits per heavy atom. The molecule has 0 unspecified atom stereocenters. The predicted octanol–water partition coefficient (Wildman–Crippen LogP) is 19.0. The van der Waals surface area contributed by atoms with Crippen LogP contribution in [-0.2, 0) is 0 Å². The molecule has 6 heterocycles. The number of nitriles is 2. The number of hydrogen-bond acceptors (Lipinski definition) is 6. The van der Waals surface area contributed by atoms with Crippen LogP contribution in [-0.4, -0.2) is 9.13 Å². The summed E-state index contributed by atoms with van der Waals surface area (Å²) in [5.74, 6) is 0. The zero-order valence-corrected chi connectivity index (χ0v) is 40.7. The van der Waals surface area contributed by atoms with E-state index in [1.54, 1.807) is 0 Å². The molecule has 0 bridgehead atoms. The Labute approximate surface area is 431 Å². The number of allylic oxidation sites excluding steroid dienone is 4. The van der Waals surface area contributed by atoms with Gasteiger partial charge in [-0.15, -0.1) is 0 Å². The monoisotopic (exact) mass is 974 g/mol. The van der Waals surface area contributed by atoms with E-state index in [1.807, 2.05) is 85.8 Å². The van der Waals surface area contributed by atoms with Crippen LogP contribution in [0.25, 0.3) is 165 Å². The predicted molar refractivity (Wildman–Crippen MR) is 308 cm³/mol. The van der Waals surface area contributed by atoms with E-state index in [0.717, 1.165) is 154 Å². The molecular weight excluding hydrogens is 937 g/mol. The molecule has 6 aromatic heterocycles. The number of fused-ring (bicyclic) bond motifs is 20. The maximum Gasteiger partial charge on any atom is 0.145 e. The molecule has 354 valence electrons. The highest BCUT2D eigenvalue weighted by Gasteiger charge is 2.26. The SMILES string of the molecule is C/C(=C(C#N)\C(=C/CC#N)n1c2ccc(-c3ccc4c(c3)oc3ccccc34)cc2c2c3oc4ccccc4c3ccc21)n1c2ccc(-c3ccc4c(c3)oc3ccccc34)cc2c2c3oc4ccccc4c3ccc21. The van der Waals surface area contributed by atoms with Gasteiger partial charge in [-0.05, 0) is 132 Å². The van der Waals surface area contributed by atoms with Crippen molar-refractivity contribution in [2.45, 2.75) is 13.3 Å². The Kier molecular flexibility index (Phi) is 8.70. The van der Waals surface area contributed by atoms with Gasteiger partial charge in [-0.25, -0.2) is 0 Å². The molecule has 0 aliphatic carbocycles. The van der Waals surface area contributed by atoms with E-state index < -0.39 is 0 Å². The Hall–Kier alpha value is -10.5. The molecule has 0 N–H and O–H groups in total. The molecule has 8 nitrogen and oxygen atoms in total. The number of nitrogens with zero attached hydrogens (tertiary/aromatic N) is 4. The standard InChI is InChI=1S/C68H38N4O4/c1-38(71-55-28-22-39(41-20-24-47-43-11-2-6-16-59(43)73-63(47)35-41)33-51(55)65-57(71)30-26-49-45-13-4-8-18-61(45)75-67(49)65)53(37-70)54(15-10-32-69)72-56-29-23-40(42-21-25-48-44-12-3-7-17-60(44)74-64(48)36-42)34-52(56)66-58(72)31-27-50-46-14-5-9-19-62(46)76-68(50)66/h2-9,11-31,33-36H,10H2,1H3/b53-38+,54-15+. The summed E-state index contributed by atoms with van der Waals surface area (Å²) in [6.45, 7) is 2.00. The Morgan fingerprint density at radius 3 is 1.26 bits per heavy atom. The molecule has 0 radical (unpaired) electrons. The largest absolute Gasteiger partial charge is 0.456 e. The van der Waals surface area contributed by atoms with E-state index >= 15 is 0 Å². The van der Waals surface area contributed by atoms with Gasteiger partial charge in [0.15, 0.2) is 0 Å². The first kappa shape index (κ1) is 42.0. The van der Waals surface area contributed by atoms with Gasteiger partial charge in [0.1, 0.15) is 50.7 Å². The van der Waals surface area contributed by atoms with Gasteiger partial charge >= 0.3 is 0 Å². The molecule has 0 spiro atoms. The minimum Gasteiger partial charge on any atom is -0.456 e. The van der Waals surface area contributed by atoms with Gasteiger partial charge in [0.05, 0.1) is 56.6 Å². The molecule has 0 atom stereocenters. The molecule has 0 aliphatic rings. The van der Waals surface area contributed by atoms with Crippen LogP contribution >= 0.6 is 0 Å². The Morgan fingerprint density at radius 2 is 0.776 bits per heavy atom. The first-order valence-corrected chi connectivity index (χ1v) is 25.3. The van der Waals surface area contributed by atoms with E-state index in [0.29, 0.717) is 17.0 Å². The van der Waals surface area contributed by atoms with Crippen LogP contribution in [0.4, 0.5) is 0 Å². The van der Waals surface area contributed by atoms with Gasteiger partial charge in [0.2, 0.25) is 0 Å². The van der Waals surface area contributed by atoms with Crippen LogP contribution in [0.2, 0.25) is 0 Å². The average Bonchev–Trinajstić information content (AvgIpc) is 4.33. The molecule has 16 rings (SSSR count). The van der Waals surface area contributed by atoms with E-state index in [-0.39, 0.29) is 6.42 Å². The lowest BCUT2D eigenvalue weighted by molar-refractivity contribution is 0.668. The fourth-order valence-electron chi connectivity index (χ4n) is 12.2. The molecule has 0 aliphatic heterocycles. The second kappa shape index (κ2) is 15.7. The van der Waals surface area contributed by atoms with Crippen molar-refractivity contribution in [1.82, 2.24) is 9.13 Å². The van der Waals surface area contributed by atoms with Crippen molar-refractivity contribution < 1.29 is 17.7 Å². The maximum atomic E-state index is 11.7. The molecule has 8 heteroatoms. The van der Waals surface area contributed by atoms with Crippen LogP contribution in [0, 0.1) is 22.7 Å². The number of rotatable bonds is 6. The summed E-state index contributed by atoms with van der Waals surface area (Å²) in [5.41, 5.74) is 15.6. The van der Waals surface area contributed by atoms with Gasteiger partial charge in [-0.3, -0.25) is 0 Å². The summed E-state index contributed by atoms with van der Waals surface area (Å²) in [5, 5.41) is 34.2. The lowest BCUT2D eigenvalue weighted by atomic mass is 10.0. The third-order valence-electron chi connectivity index (χ3n) is 15.7. The Bertz CT molecular complexity index is 5380. The lowest BCUT2D eigenvalue weighted by Gasteiger charge is -2.17. The quantitative estimate of drug-likeness (QED) is 0.121. The summed E-state index contributed by atoms with van der Waals surface area (Å²) in [6.07, 6.45) is 1.94. The maximum absolute atomic E-state index is 11.7. The third-order valence-corrected chi connectivity index (χ3v) is 15.7. The first-order chi connectivity index (χ1) is 37.5. The Balaban J connectivity index is 0.945. The number of furan rings is 4. The zero-order chi connectivity index (χ0) is 50.3. The highest BCUT2D eigenvalue weighted by Crippen LogP contribution is 2.46. The summed E-state index contributed by atoms with van der Waals surface area (Å²) in [6, 6.07) is 71.8. The number of aromatic nitrogens is 2. The highest BCUT2D eigenvalue weighted by molar-refractivity contribution is 6.27. The summed E-state index contributed by atoms with van der Waals surface area (Å²) in [4.78, 5) is 0. The molecule has 0 saturated heterocycles. The summed E-state index contributed by atoms with van der Waals surface area (Å²) >= 11 is 0. The summed E-state index contributed by atoms with van der Waals surface area (Å²) < 4.78 is 30.7. The average molecular weight is 975 g/mol. The second-order valence-electron chi connectivity index (χ2n) is 19.6. The van der Waals surface area contributed by atoms with E-state index in [4.69, 9.17) is 17.7 Å². The van der Waals surface area contributed by atoms with E-state index in [9.17, 15) is 10.5 Å². The van der Waals surface area contributed by atoms with Crippen molar-refractivity contribution in [3.8, 4) is 34.4 Å². The molecule has 16 aromatic rings. The second-order valence-corrected chi connectivity index (χ2v) is 19.6. The van der Waals surface area contributed by atoms with Gasteiger partial charge in [0, 0.05) is 59.6 Å². The third kappa shape index (κ3) is 5.86. The molecule has 10 aromatic carbocycles. The van der Waals surface area contributed by atoms with Crippen LogP contribution in [0.15, 0.2) is 223 Å². The minimum absolute atomic E-state index is 0.0587. The van der Waals surface area contributed by atoms with Crippen molar-refractivity contribution in [1.29, 1.82) is 10.5 Å². The van der Waals surface area contributed by atoms with Crippen LogP contribution in [0.5, 0.6) is 0 Å². The molecule has 0 fully saturated rings. The fraction of sp³-hybridized carbons (Fsp3) is 0.0294.